The molecule has 3 heterocycles. The smallest absolute Gasteiger partial charge is 0.254 e. The van der Waals surface area contributed by atoms with Crippen LogP contribution in [0.3, 0.4) is 0 Å². The van der Waals surface area contributed by atoms with E-state index in [1.807, 2.05) is 49.3 Å². The predicted molar refractivity (Wildman–Crippen MR) is 119 cm³/mol. The van der Waals surface area contributed by atoms with Crippen LogP contribution in [0.1, 0.15) is 56.2 Å². The van der Waals surface area contributed by atoms with Gasteiger partial charge in [0, 0.05) is 23.5 Å². The van der Waals surface area contributed by atoms with Crippen LogP contribution in [0.2, 0.25) is 0 Å². The van der Waals surface area contributed by atoms with E-state index in [9.17, 15) is 4.79 Å². The second-order valence-electron chi connectivity index (χ2n) is 8.61. The number of amides is 1. The average molecular weight is 423 g/mol. The zero-order valence-electron chi connectivity index (χ0n) is 18.9. The highest BCUT2D eigenvalue weighted by Crippen LogP contribution is 2.34. The third kappa shape index (κ3) is 3.92. The van der Waals surface area contributed by atoms with Gasteiger partial charge in [0.25, 0.3) is 5.91 Å². The van der Waals surface area contributed by atoms with Gasteiger partial charge < -0.3 is 18.9 Å². The van der Waals surface area contributed by atoms with Crippen LogP contribution in [-0.2, 0) is 18.6 Å². The van der Waals surface area contributed by atoms with E-state index >= 15 is 0 Å². The van der Waals surface area contributed by atoms with Gasteiger partial charge in [0.2, 0.25) is 0 Å². The Balaban J connectivity index is 1.64. The summed E-state index contributed by atoms with van der Waals surface area (Å²) in [6.07, 6.45) is 4.04. The zero-order valence-corrected chi connectivity index (χ0v) is 18.9. The van der Waals surface area contributed by atoms with Crippen molar-refractivity contribution in [2.45, 2.75) is 53.2 Å². The second kappa shape index (κ2) is 8.13. The molecule has 7 nitrogen and oxygen atoms in total. The summed E-state index contributed by atoms with van der Waals surface area (Å²) >= 11 is 0. The number of benzene rings is 1. The van der Waals surface area contributed by atoms with Crippen molar-refractivity contribution in [3.05, 3.63) is 59.5 Å². The van der Waals surface area contributed by atoms with Gasteiger partial charge >= 0.3 is 0 Å². The largest absolute Gasteiger partial charge is 0.490 e. The van der Waals surface area contributed by atoms with E-state index in [1.54, 1.807) is 12.1 Å². The van der Waals surface area contributed by atoms with E-state index in [1.165, 1.54) is 0 Å². The molecule has 1 amide bonds. The lowest BCUT2D eigenvalue weighted by atomic mass is 10.1. The zero-order chi connectivity index (χ0) is 22.2. The Morgan fingerprint density at radius 1 is 1.03 bits per heavy atom. The lowest BCUT2D eigenvalue weighted by Gasteiger charge is -2.24. The average Bonchev–Trinajstić information content (AvgIpc) is 3.44. The molecular weight excluding hydrogens is 392 g/mol. The highest BCUT2D eigenvalue weighted by Gasteiger charge is 2.34. The molecule has 3 aromatic rings. The molecule has 31 heavy (non-hydrogen) atoms. The number of carbonyl (C=O) groups is 1. The van der Waals surface area contributed by atoms with E-state index in [0.717, 1.165) is 17.1 Å². The monoisotopic (exact) mass is 422 g/mol. The molecule has 0 atom stereocenters. The van der Waals surface area contributed by atoms with Gasteiger partial charge in [-0.25, -0.2) is 4.68 Å². The van der Waals surface area contributed by atoms with Gasteiger partial charge in [0.15, 0.2) is 11.5 Å². The Kier molecular flexibility index (Phi) is 5.52. The third-order valence-electron chi connectivity index (χ3n) is 5.29. The van der Waals surface area contributed by atoms with Gasteiger partial charge in [0.05, 0.1) is 37.5 Å². The molecule has 4 rings (SSSR count). The van der Waals surface area contributed by atoms with E-state index < -0.39 is 0 Å². The molecule has 0 radical (unpaired) electrons. The SMILES string of the molecule is CCOc1ccc(C(=O)N2Cc3nn(C(C)(C)C)c(-n4cccc4)c3C2)cc1OCC. The van der Waals surface area contributed by atoms with Gasteiger partial charge in [-0.05, 0) is 65.0 Å². The number of carbonyl (C=O) groups excluding carboxylic acids is 1. The summed E-state index contributed by atoms with van der Waals surface area (Å²) in [6, 6.07) is 9.38. The van der Waals surface area contributed by atoms with Crippen molar-refractivity contribution in [3.8, 4) is 17.3 Å². The van der Waals surface area contributed by atoms with Crippen molar-refractivity contribution in [1.29, 1.82) is 0 Å². The molecule has 0 spiro atoms. The highest BCUT2D eigenvalue weighted by atomic mass is 16.5. The summed E-state index contributed by atoms with van der Waals surface area (Å²) < 4.78 is 15.5. The summed E-state index contributed by atoms with van der Waals surface area (Å²) in [5.41, 5.74) is 2.46. The molecule has 0 saturated heterocycles. The van der Waals surface area contributed by atoms with Gasteiger partial charge in [-0.2, -0.15) is 5.10 Å². The molecule has 1 aromatic carbocycles. The van der Waals surface area contributed by atoms with Crippen molar-refractivity contribution in [1.82, 2.24) is 19.2 Å². The number of hydrogen-bond acceptors (Lipinski definition) is 4. The van der Waals surface area contributed by atoms with Crippen LogP contribution in [0.4, 0.5) is 0 Å². The van der Waals surface area contributed by atoms with Gasteiger partial charge in [-0.15, -0.1) is 0 Å². The van der Waals surface area contributed by atoms with Crippen LogP contribution in [-0.4, -0.2) is 38.4 Å². The van der Waals surface area contributed by atoms with Gasteiger partial charge in [-0.3, -0.25) is 4.79 Å². The van der Waals surface area contributed by atoms with E-state index in [-0.39, 0.29) is 11.4 Å². The molecular formula is C24H30N4O3. The van der Waals surface area contributed by atoms with Crippen molar-refractivity contribution in [2.75, 3.05) is 13.2 Å². The van der Waals surface area contributed by atoms with Crippen LogP contribution in [0.25, 0.3) is 5.82 Å². The number of aromatic nitrogens is 3. The minimum atomic E-state index is -0.166. The summed E-state index contributed by atoms with van der Waals surface area (Å²) in [7, 11) is 0. The number of fused-ring (bicyclic) bond motifs is 1. The van der Waals surface area contributed by atoms with Crippen molar-refractivity contribution in [2.24, 2.45) is 0 Å². The number of rotatable bonds is 6. The molecule has 2 aromatic heterocycles. The molecule has 0 bridgehead atoms. The summed E-state index contributed by atoms with van der Waals surface area (Å²) in [4.78, 5) is 15.1. The maximum absolute atomic E-state index is 13.3. The van der Waals surface area contributed by atoms with Crippen LogP contribution in [0.15, 0.2) is 42.7 Å². The maximum Gasteiger partial charge on any atom is 0.254 e. The fraction of sp³-hybridized carbons (Fsp3) is 0.417. The first-order valence-electron chi connectivity index (χ1n) is 10.8. The summed E-state index contributed by atoms with van der Waals surface area (Å²) in [6.45, 7) is 12.3. The second-order valence-corrected chi connectivity index (χ2v) is 8.61. The first-order valence-corrected chi connectivity index (χ1v) is 10.8. The van der Waals surface area contributed by atoms with Gasteiger partial charge in [-0.1, -0.05) is 0 Å². The molecule has 0 unspecified atom stereocenters. The molecule has 0 N–H and O–H groups in total. The first kappa shape index (κ1) is 21.0. The number of ether oxygens (including phenoxy) is 2. The molecule has 1 aliphatic heterocycles. The molecule has 0 aliphatic carbocycles. The first-order chi connectivity index (χ1) is 14.8. The fourth-order valence-electron chi connectivity index (χ4n) is 3.92. The highest BCUT2D eigenvalue weighted by molar-refractivity contribution is 5.95. The van der Waals surface area contributed by atoms with E-state index in [4.69, 9.17) is 14.6 Å². The molecule has 0 saturated carbocycles. The Hall–Kier alpha value is -3.22. The standard InChI is InChI=1S/C24H30N4O3/c1-6-30-20-11-10-17(14-21(20)31-7-2)23(29)27-15-18-19(16-27)25-28(24(3,4)5)22(18)26-12-8-9-13-26/h8-14H,6-7,15-16H2,1-5H3. The Labute approximate surface area is 183 Å². The van der Waals surface area contributed by atoms with Crippen LogP contribution < -0.4 is 9.47 Å². The minimum Gasteiger partial charge on any atom is -0.490 e. The van der Waals surface area contributed by atoms with Gasteiger partial charge in [0.1, 0.15) is 5.82 Å². The Morgan fingerprint density at radius 2 is 1.71 bits per heavy atom. The Morgan fingerprint density at radius 3 is 2.35 bits per heavy atom. The normalized spacial score (nSPS) is 13.4. The fourth-order valence-corrected chi connectivity index (χ4v) is 3.92. The number of nitrogens with zero attached hydrogens (tertiary/aromatic N) is 4. The number of hydrogen-bond donors (Lipinski definition) is 0. The van der Waals surface area contributed by atoms with Crippen molar-refractivity contribution in [3.63, 3.8) is 0 Å². The van der Waals surface area contributed by atoms with Crippen LogP contribution >= 0.6 is 0 Å². The third-order valence-corrected chi connectivity index (χ3v) is 5.29. The summed E-state index contributed by atoms with van der Waals surface area (Å²) in [5.74, 6) is 2.23. The van der Waals surface area contributed by atoms with Crippen LogP contribution in [0, 0.1) is 0 Å². The molecule has 164 valence electrons. The van der Waals surface area contributed by atoms with Crippen molar-refractivity contribution >= 4 is 5.91 Å². The Bertz CT molecular complexity index is 1080. The molecule has 0 fully saturated rings. The van der Waals surface area contributed by atoms with Crippen molar-refractivity contribution < 1.29 is 14.3 Å². The summed E-state index contributed by atoms with van der Waals surface area (Å²) in [5, 5.41) is 4.89. The maximum atomic E-state index is 13.3. The quantitative estimate of drug-likeness (QED) is 0.591. The molecule has 7 heteroatoms. The lowest BCUT2D eigenvalue weighted by Crippen LogP contribution is -2.29. The molecule has 1 aliphatic rings. The predicted octanol–water partition coefficient (Wildman–Crippen LogP) is 4.38. The van der Waals surface area contributed by atoms with E-state index in [2.05, 4.69) is 30.0 Å². The van der Waals surface area contributed by atoms with Crippen LogP contribution in [0.5, 0.6) is 11.5 Å². The van der Waals surface area contributed by atoms with E-state index in [0.29, 0.717) is 43.4 Å². The minimum absolute atomic E-state index is 0.0391. The lowest BCUT2D eigenvalue weighted by molar-refractivity contribution is 0.0748. The topological polar surface area (TPSA) is 61.5 Å².